The van der Waals surface area contributed by atoms with Crippen molar-refractivity contribution in [2.24, 2.45) is 0 Å². The number of aromatic nitrogens is 3. The lowest BCUT2D eigenvalue weighted by Gasteiger charge is -2.10. The minimum atomic E-state index is -0.181. The van der Waals surface area contributed by atoms with E-state index in [-0.39, 0.29) is 24.0 Å². The molecule has 7 nitrogen and oxygen atoms in total. The van der Waals surface area contributed by atoms with Crippen molar-refractivity contribution < 1.29 is 9.59 Å². The first-order chi connectivity index (χ1) is 15.4. The number of nitrogens with one attached hydrogen (secondary N) is 2. The van der Waals surface area contributed by atoms with Crippen LogP contribution in [0.2, 0.25) is 0 Å². The molecule has 0 saturated carbocycles. The molecular formula is C24H27N5O2S. The van der Waals surface area contributed by atoms with Crippen LogP contribution in [0.15, 0.2) is 60.3 Å². The zero-order chi connectivity index (χ0) is 23.1. The molecule has 2 amide bonds. The molecule has 1 aromatic heterocycles. The van der Waals surface area contributed by atoms with Crippen molar-refractivity contribution in [3.63, 3.8) is 0 Å². The fraction of sp³-hybridized carbons (Fsp3) is 0.250. The van der Waals surface area contributed by atoms with Gasteiger partial charge in [0.15, 0.2) is 5.16 Å². The number of nitrogens with zero attached hydrogens (tertiary/aromatic N) is 3. The van der Waals surface area contributed by atoms with Crippen LogP contribution in [-0.2, 0) is 22.6 Å². The molecule has 0 atom stereocenters. The second-order valence-corrected chi connectivity index (χ2v) is 8.47. The number of amides is 2. The molecule has 0 aliphatic carbocycles. The van der Waals surface area contributed by atoms with Gasteiger partial charge in [0.05, 0.1) is 12.2 Å². The smallest absolute Gasteiger partial charge is 0.234 e. The van der Waals surface area contributed by atoms with Crippen molar-refractivity contribution >= 4 is 35.0 Å². The Labute approximate surface area is 192 Å². The molecule has 0 aliphatic heterocycles. The molecule has 0 fully saturated rings. The van der Waals surface area contributed by atoms with E-state index in [4.69, 9.17) is 0 Å². The van der Waals surface area contributed by atoms with Crippen LogP contribution in [0.25, 0.3) is 0 Å². The molecule has 3 aromatic rings. The van der Waals surface area contributed by atoms with E-state index in [0.717, 1.165) is 22.5 Å². The fourth-order valence-electron chi connectivity index (χ4n) is 3.09. The van der Waals surface area contributed by atoms with Crippen LogP contribution < -0.4 is 10.6 Å². The first-order valence-corrected chi connectivity index (χ1v) is 11.2. The van der Waals surface area contributed by atoms with Gasteiger partial charge in [0, 0.05) is 17.9 Å². The van der Waals surface area contributed by atoms with Gasteiger partial charge in [-0.15, -0.1) is 16.8 Å². The van der Waals surface area contributed by atoms with E-state index in [9.17, 15) is 9.59 Å². The maximum absolute atomic E-state index is 12.6. The maximum Gasteiger partial charge on any atom is 0.234 e. The van der Waals surface area contributed by atoms with Gasteiger partial charge in [-0.2, -0.15) is 0 Å². The summed E-state index contributed by atoms with van der Waals surface area (Å²) in [6.45, 7) is 10.2. The molecule has 2 aromatic carbocycles. The summed E-state index contributed by atoms with van der Waals surface area (Å²) in [5, 5.41) is 14.7. The van der Waals surface area contributed by atoms with E-state index in [1.807, 2.05) is 63.2 Å². The Bertz CT molecular complexity index is 1140. The van der Waals surface area contributed by atoms with E-state index < -0.39 is 0 Å². The van der Waals surface area contributed by atoms with Gasteiger partial charge in [-0.25, -0.2) is 0 Å². The van der Waals surface area contributed by atoms with Crippen LogP contribution in [0.5, 0.6) is 0 Å². The Hall–Kier alpha value is -3.39. The second kappa shape index (κ2) is 10.8. The Morgan fingerprint density at radius 2 is 1.75 bits per heavy atom. The Balaban J connectivity index is 1.62. The minimum absolute atomic E-state index is 0.0732. The van der Waals surface area contributed by atoms with E-state index >= 15 is 0 Å². The Morgan fingerprint density at radius 1 is 1.00 bits per heavy atom. The molecule has 0 aliphatic rings. The van der Waals surface area contributed by atoms with Crippen LogP contribution in [0.3, 0.4) is 0 Å². The van der Waals surface area contributed by atoms with Gasteiger partial charge in [0.25, 0.3) is 0 Å². The Kier molecular flexibility index (Phi) is 7.83. The van der Waals surface area contributed by atoms with Gasteiger partial charge in [-0.1, -0.05) is 36.0 Å². The van der Waals surface area contributed by atoms with Gasteiger partial charge >= 0.3 is 0 Å². The number of hydrogen-bond donors (Lipinski definition) is 2. The lowest BCUT2D eigenvalue weighted by molar-refractivity contribution is -0.116. The number of carbonyl (C=O) groups excluding carboxylic acids is 2. The summed E-state index contributed by atoms with van der Waals surface area (Å²) in [5.41, 5.74) is 4.86. The molecular weight excluding hydrogens is 422 g/mol. The summed E-state index contributed by atoms with van der Waals surface area (Å²) in [6, 6.07) is 13.4. The number of anilines is 2. The average Bonchev–Trinajstić information content (AvgIpc) is 3.11. The number of benzene rings is 2. The first kappa shape index (κ1) is 23.3. The van der Waals surface area contributed by atoms with E-state index in [0.29, 0.717) is 17.5 Å². The van der Waals surface area contributed by atoms with Crippen LogP contribution in [-0.4, -0.2) is 32.3 Å². The number of allylic oxidation sites excluding steroid dienone is 1. The SMILES string of the molecule is C=CCn1c(CC(=O)Nc2ccc(C)c(C)c2)nnc1SCC(=O)Nc1cccc(C)c1. The summed E-state index contributed by atoms with van der Waals surface area (Å²) in [4.78, 5) is 24.9. The standard InChI is InChI=1S/C24H27N5O2S/c1-5-11-29-21(14-22(30)25-20-10-9-17(3)18(4)13-20)27-28-24(29)32-15-23(31)26-19-8-6-7-16(2)12-19/h5-10,12-13H,1,11,14-15H2,2-4H3,(H,25,30)(H,26,31). The zero-order valence-corrected chi connectivity index (χ0v) is 19.3. The van der Waals surface area contributed by atoms with Crippen molar-refractivity contribution in [3.05, 3.63) is 77.6 Å². The normalized spacial score (nSPS) is 10.6. The second-order valence-electron chi connectivity index (χ2n) is 7.53. The van der Waals surface area contributed by atoms with Crippen molar-refractivity contribution in [1.29, 1.82) is 0 Å². The third-order valence-electron chi connectivity index (χ3n) is 4.85. The number of hydrogen-bond acceptors (Lipinski definition) is 5. The third kappa shape index (κ3) is 6.31. The molecule has 166 valence electrons. The molecule has 8 heteroatoms. The maximum atomic E-state index is 12.6. The topological polar surface area (TPSA) is 88.9 Å². The van der Waals surface area contributed by atoms with Gasteiger partial charge in [0.1, 0.15) is 5.82 Å². The highest BCUT2D eigenvalue weighted by molar-refractivity contribution is 7.99. The molecule has 0 radical (unpaired) electrons. The molecule has 32 heavy (non-hydrogen) atoms. The van der Waals surface area contributed by atoms with Crippen molar-refractivity contribution in [2.45, 2.75) is 38.9 Å². The van der Waals surface area contributed by atoms with Gasteiger partial charge < -0.3 is 15.2 Å². The van der Waals surface area contributed by atoms with Gasteiger partial charge in [-0.3, -0.25) is 9.59 Å². The number of carbonyl (C=O) groups is 2. The lowest BCUT2D eigenvalue weighted by Crippen LogP contribution is -2.18. The number of thioether (sulfide) groups is 1. The molecule has 2 N–H and O–H groups in total. The largest absolute Gasteiger partial charge is 0.326 e. The molecule has 3 rings (SSSR count). The monoisotopic (exact) mass is 449 g/mol. The summed E-state index contributed by atoms with van der Waals surface area (Å²) in [6.07, 6.45) is 1.79. The number of rotatable bonds is 9. The van der Waals surface area contributed by atoms with Crippen LogP contribution >= 0.6 is 11.8 Å². The highest BCUT2D eigenvalue weighted by atomic mass is 32.2. The van der Waals surface area contributed by atoms with E-state index in [2.05, 4.69) is 27.4 Å². The third-order valence-corrected chi connectivity index (χ3v) is 5.82. The van der Waals surface area contributed by atoms with Crippen molar-refractivity contribution in [1.82, 2.24) is 14.8 Å². The van der Waals surface area contributed by atoms with Crippen LogP contribution in [0, 0.1) is 20.8 Å². The summed E-state index contributed by atoms with van der Waals surface area (Å²) in [7, 11) is 0. The molecule has 0 saturated heterocycles. The molecule has 0 spiro atoms. The lowest BCUT2D eigenvalue weighted by atomic mass is 10.1. The number of aryl methyl sites for hydroxylation is 3. The van der Waals surface area contributed by atoms with Crippen molar-refractivity contribution in [3.8, 4) is 0 Å². The van der Waals surface area contributed by atoms with E-state index in [1.54, 1.807) is 10.6 Å². The molecule has 1 heterocycles. The first-order valence-electron chi connectivity index (χ1n) is 10.2. The molecule has 0 unspecified atom stereocenters. The molecule has 0 bridgehead atoms. The summed E-state index contributed by atoms with van der Waals surface area (Å²) >= 11 is 1.27. The summed E-state index contributed by atoms with van der Waals surface area (Å²) < 4.78 is 1.80. The van der Waals surface area contributed by atoms with Gasteiger partial charge in [0.2, 0.25) is 11.8 Å². The predicted octanol–water partition coefficient (Wildman–Crippen LogP) is 4.30. The quantitative estimate of drug-likeness (QED) is 0.376. The Morgan fingerprint density at radius 3 is 2.47 bits per heavy atom. The highest BCUT2D eigenvalue weighted by Crippen LogP contribution is 2.19. The highest BCUT2D eigenvalue weighted by Gasteiger charge is 2.16. The average molecular weight is 450 g/mol. The zero-order valence-electron chi connectivity index (χ0n) is 18.5. The predicted molar refractivity (Wildman–Crippen MR) is 129 cm³/mol. The van der Waals surface area contributed by atoms with Crippen LogP contribution in [0.1, 0.15) is 22.5 Å². The van der Waals surface area contributed by atoms with Crippen molar-refractivity contribution in [2.75, 3.05) is 16.4 Å². The fourth-order valence-corrected chi connectivity index (χ4v) is 3.85. The summed E-state index contributed by atoms with van der Waals surface area (Å²) in [5.74, 6) is 0.383. The van der Waals surface area contributed by atoms with Crippen LogP contribution in [0.4, 0.5) is 11.4 Å². The van der Waals surface area contributed by atoms with E-state index in [1.165, 1.54) is 17.3 Å². The minimum Gasteiger partial charge on any atom is -0.326 e. The van der Waals surface area contributed by atoms with Gasteiger partial charge in [-0.05, 0) is 61.7 Å².